The molecule has 2 heterocycles. The second-order valence-corrected chi connectivity index (χ2v) is 6.25. The standard InChI is InChI=1S/C12H13NOS3/c1-2-9-3-4-10(17-9)6-13-12(14)11-5-8(15)7-16-11/h3-5,7,15H,2,6H2,1H3,(H,13,14). The van der Waals surface area contributed by atoms with Crippen molar-refractivity contribution >= 4 is 41.2 Å². The molecular formula is C12H13NOS3. The zero-order valence-electron chi connectivity index (χ0n) is 9.40. The fraction of sp³-hybridized carbons (Fsp3) is 0.250. The number of thiol groups is 1. The van der Waals surface area contributed by atoms with Gasteiger partial charge in [-0.2, -0.15) is 0 Å². The van der Waals surface area contributed by atoms with Gasteiger partial charge in [0.1, 0.15) is 0 Å². The third-order valence-corrected chi connectivity index (χ3v) is 4.89. The second kappa shape index (κ2) is 5.71. The normalized spacial score (nSPS) is 10.5. The SMILES string of the molecule is CCc1ccc(CNC(=O)c2cc(S)cs2)s1. The van der Waals surface area contributed by atoms with E-state index in [1.807, 2.05) is 5.38 Å². The Labute approximate surface area is 114 Å². The number of thiophene rings is 2. The summed E-state index contributed by atoms with van der Waals surface area (Å²) in [6.45, 7) is 2.73. The van der Waals surface area contributed by atoms with Gasteiger partial charge in [0.25, 0.3) is 5.91 Å². The predicted octanol–water partition coefficient (Wildman–Crippen LogP) is 3.59. The Hall–Kier alpha value is -0.780. The molecule has 0 fully saturated rings. The predicted molar refractivity (Wildman–Crippen MR) is 76.4 cm³/mol. The number of carbonyl (C=O) groups is 1. The van der Waals surface area contributed by atoms with Crippen molar-refractivity contribution < 1.29 is 4.79 Å². The third-order valence-electron chi connectivity index (χ3n) is 2.30. The van der Waals surface area contributed by atoms with Crippen molar-refractivity contribution in [2.45, 2.75) is 24.8 Å². The van der Waals surface area contributed by atoms with Crippen molar-refractivity contribution in [2.75, 3.05) is 0 Å². The van der Waals surface area contributed by atoms with Crippen molar-refractivity contribution in [1.82, 2.24) is 5.32 Å². The van der Waals surface area contributed by atoms with Crippen molar-refractivity contribution in [3.8, 4) is 0 Å². The van der Waals surface area contributed by atoms with Gasteiger partial charge >= 0.3 is 0 Å². The molecule has 0 aliphatic carbocycles. The van der Waals surface area contributed by atoms with Crippen molar-refractivity contribution in [3.63, 3.8) is 0 Å². The number of amides is 1. The lowest BCUT2D eigenvalue weighted by molar-refractivity contribution is 0.0955. The van der Waals surface area contributed by atoms with Gasteiger partial charge in [0.2, 0.25) is 0 Å². The monoisotopic (exact) mass is 283 g/mol. The quantitative estimate of drug-likeness (QED) is 0.825. The van der Waals surface area contributed by atoms with E-state index in [-0.39, 0.29) is 5.91 Å². The van der Waals surface area contributed by atoms with Crippen LogP contribution in [-0.2, 0) is 13.0 Å². The van der Waals surface area contributed by atoms with Gasteiger partial charge in [-0.1, -0.05) is 6.92 Å². The van der Waals surface area contributed by atoms with Crippen LogP contribution in [0.1, 0.15) is 26.3 Å². The van der Waals surface area contributed by atoms with Crippen LogP contribution in [-0.4, -0.2) is 5.91 Å². The summed E-state index contributed by atoms with van der Waals surface area (Å²) < 4.78 is 0. The Kier molecular flexibility index (Phi) is 4.25. The zero-order chi connectivity index (χ0) is 12.3. The van der Waals surface area contributed by atoms with Crippen molar-refractivity contribution in [1.29, 1.82) is 0 Å². The average Bonchev–Trinajstić information content (AvgIpc) is 2.94. The van der Waals surface area contributed by atoms with E-state index in [0.717, 1.165) is 11.3 Å². The maximum atomic E-state index is 11.8. The fourth-order valence-corrected chi connectivity index (χ4v) is 3.37. The lowest BCUT2D eigenvalue weighted by atomic mass is 10.3. The molecule has 2 rings (SSSR count). The lowest BCUT2D eigenvalue weighted by Gasteiger charge is -2.00. The molecule has 0 atom stereocenters. The fourth-order valence-electron chi connectivity index (χ4n) is 1.41. The van der Waals surface area contributed by atoms with E-state index in [9.17, 15) is 4.79 Å². The number of rotatable bonds is 4. The van der Waals surface area contributed by atoms with Crippen LogP contribution in [0, 0.1) is 0 Å². The van der Waals surface area contributed by atoms with Crippen molar-refractivity contribution in [2.24, 2.45) is 0 Å². The molecule has 1 amide bonds. The molecule has 0 unspecified atom stereocenters. The first-order valence-corrected chi connectivity index (χ1v) is 7.46. The Morgan fingerprint density at radius 3 is 2.76 bits per heavy atom. The molecule has 0 radical (unpaired) electrons. The average molecular weight is 283 g/mol. The van der Waals surface area contributed by atoms with Gasteiger partial charge in [0, 0.05) is 20.0 Å². The van der Waals surface area contributed by atoms with Gasteiger partial charge < -0.3 is 5.32 Å². The van der Waals surface area contributed by atoms with E-state index < -0.39 is 0 Å². The summed E-state index contributed by atoms with van der Waals surface area (Å²) in [4.78, 5) is 15.9. The molecule has 0 saturated carbocycles. The summed E-state index contributed by atoms with van der Waals surface area (Å²) in [6, 6.07) is 5.97. The minimum absolute atomic E-state index is 0.0262. The molecule has 0 aromatic carbocycles. The molecule has 0 aliphatic rings. The van der Waals surface area contributed by atoms with Gasteiger partial charge in [-0.25, -0.2) is 0 Å². The molecule has 1 N–H and O–H groups in total. The number of aryl methyl sites for hydroxylation is 1. The molecule has 5 heteroatoms. The van der Waals surface area contributed by atoms with Crippen LogP contribution >= 0.6 is 35.3 Å². The van der Waals surface area contributed by atoms with Crippen LogP contribution in [0.4, 0.5) is 0 Å². The summed E-state index contributed by atoms with van der Waals surface area (Å²) in [5, 5.41) is 4.77. The largest absolute Gasteiger partial charge is 0.346 e. The molecule has 2 nitrogen and oxygen atoms in total. The molecule has 0 bridgehead atoms. The number of carbonyl (C=O) groups excluding carboxylic acids is 1. The Balaban J connectivity index is 1.92. The minimum Gasteiger partial charge on any atom is -0.346 e. The molecule has 90 valence electrons. The first kappa shape index (κ1) is 12.7. The maximum Gasteiger partial charge on any atom is 0.261 e. The first-order valence-electron chi connectivity index (χ1n) is 5.32. The topological polar surface area (TPSA) is 29.1 Å². The highest BCUT2D eigenvalue weighted by Crippen LogP contribution is 2.19. The zero-order valence-corrected chi connectivity index (χ0v) is 11.9. The summed E-state index contributed by atoms with van der Waals surface area (Å²) in [6.07, 6.45) is 1.05. The number of hydrogen-bond donors (Lipinski definition) is 2. The van der Waals surface area contributed by atoms with Crippen LogP contribution in [0.15, 0.2) is 28.5 Å². The molecule has 2 aromatic rings. The van der Waals surface area contributed by atoms with E-state index in [0.29, 0.717) is 11.4 Å². The summed E-state index contributed by atoms with van der Waals surface area (Å²) in [5.41, 5.74) is 0. The van der Waals surface area contributed by atoms with Crippen molar-refractivity contribution in [3.05, 3.63) is 38.2 Å². The van der Waals surface area contributed by atoms with Crippen LogP contribution in [0.2, 0.25) is 0 Å². The third kappa shape index (κ3) is 3.34. The summed E-state index contributed by atoms with van der Waals surface area (Å²) in [7, 11) is 0. The van der Waals surface area contributed by atoms with E-state index in [1.165, 1.54) is 21.1 Å². The van der Waals surface area contributed by atoms with E-state index in [2.05, 4.69) is 37.0 Å². The molecule has 0 saturated heterocycles. The van der Waals surface area contributed by atoms with E-state index in [1.54, 1.807) is 17.4 Å². The van der Waals surface area contributed by atoms with Crippen LogP contribution in [0.3, 0.4) is 0 Å². The molecule has 0 spiro atoms. The van der Waals surface area contributed by atoms with Crippen LogP contribution < -0.4 is 5.32 Å². The smallest absolute Gasteiger partial charge is 0.261 e. The Bertz CT molecular complexity index is 515. The number of nitrogens with one attached hydrogen (secondary N) is 1. The highest BCUT2D eigenvalue weighted by Gasteiger charge is 2.08. The molecular weight excluding hydrogens is 270 g/mol. The van der Waals surface area contributed by atoms with Crippen LogP contribution in [0.25, 0.3) is 0 Å². The van der Waals surface area contributed by atoms with Gasteiger partial charge in [-0.15, -0.1) is 35.3 Å². The maximum absolute atomic E-state index is 11.8. The molecule has 17 heavy (non-hydrogen) atoms. The highest BCUT2D eigenvalue weighted by atomic mass is 32.1. The molecule has 2 aromatic heterocycles. The lowest BCUT2D eigenvalue weighted by Crippen LogP contribution is -2.21. The highest BCUT2D eigenvalue weighted by molar-refractivity contribution is 7.80. The summed E-state index contributed by atoms with van der Waals surface area (Å²) in [5.74, 6) is -0.0262. The first-order chi connectivity index (χ1) is 8.19. The molecule has 0 aliphatic heterocycles. The van der Waals surface area contributed by atoms with Gasteiger partial charge in [0.05, 0.1) is 11.4 Å². The van der Waals surface area contributed by atoms with Crippen LogP contribution in [0.5, 0.6) is 0 Å². The number of hydrogen-bond acceptors (Lipinski definition) is 4. The Morgan fingerprint density at radius 2 is 2.18 bits per heavy atom. The van der Waals surface area contributed by atoms with E-state index in [4.69, 9.17) is 0 Å². The van der Waals surface area contributed by atoms with Gasteiger partial charge in [-0.05, 0) is 24.6 Å². The van der Waals surface area contributed by atoms with Gasteiger partial charge in [0.15, 0.2) is 0 Å². The van der Waals surface area contributed by atoms with E-state index >= 15 is 0 Å². The minimum atomic E-state index is -0.0262. The second-order valence-electron chi connectivity index (χ2n) is 3.57. The summed E-state index contributed by atoms with van der Waals surface area (Å²) >= 11 is 7.35. The Morgan fingerprint density at radius 1 is 1.41 bits per heavy atom. The van der Waals surface area contributed by atoms with Gasteiger partial charge in [-0.3, -0.25) is 4.79 Å².